The van der Waals surface area contributed by atoms with Gasteiger partial charge in [0, 0.05) is 23.0 Å². The van der Waals surface area contributed by atoms with Crippen LogP contribution in [0.15, 0.2) is 60.3 Å². The van der Waals surface area contributed by atoms with Gasteiger partial charge in [0.25, 0.3) is 0 Å². The Morgan fingerprint density at radius 3 is 2.35 bits per heavy atom. The van der Waals surface area contributed by atoms with Gasteiger partial charge in [-0.3, -0.25) is 4.79 Å². The van der Waals surface area contributed by atoms with E-state index in [9.17, 15) is 18.0 Å². The Bertz CT molecular complexity index is 731. The highest BCUT2D eigenvalue weighted by Gasteiger charge is 2.30. The average Bonchev–Trinajstić information content (AvgIpc) is 2.47. The van der Waals surface area contributed by atoms with Crippen LogP contribution in [0, 0.1) is 6.92 Å². The summed E-state index contributed by atoms with van der Waals surface area (Å²) in [5.74, 6) is -0.207. The molecule has 1 N–H and O–H groups in total. The molecular formula is C18H16F3NO. The van der Waals surface area contributed by atoms with Gasteiger partial charge in [-0.25, -0.2) is 0 Å². The monoisotopic (exact) mass is 319 g/mol. The molecule has 0 aliphatic rings. The van der Waals surface area contributed by atoms with E-state index in [1.165, 1.54) is 18.2 Å². The molecule has 0 unspecified atom stereocenters. The van der Waals surface area contributed by atoms with Gasteiger partial charge in [-0.2, -0.15) is 13.2 Å². The average molecular weight is 319 g/mol. The second-order valence-electron chi connectivity index (χ2n) is 5.26. The maximum Gasteiger partial charge on any atom is 0.416 e. The van der Waals surface area contributed by atoms with Crippen molar-refractivity contribution in [2.45, 2.75) is 20.0 Å². The topological polar surface area (TPSA) is 29.1 Å². The van der Waals surface area contributed by atoms with E-state index in [2.05, 4.69) is 5.32 Å². The minimum Gasteiger partial charge on any atom is -0.359 e. The Kier molecular flexibility index (Phi) is 4.89. The molecule has 0 aliphatic heterocycles. The second kappa shape index (κ2) is 6.69. The first-order valence-corrected chi connectivity index (χ1v) is 6.99. The first-order chi connectivity index (χ1) is 10.8. The number of rotatable bonds is 4. The number of anilines is 1. The molecule has 0 spiro atoms. The van der Waals surface area contributed by atoms with Gasteiger partial charge < -0.3 is 5.32 Å². The van der Waals surface area contributed by atoms with Crippen LogP contribution in [0.3, 0.4) is 0 Å². The number of aryl methyl sites for hydroxylation is 1. The number of allylic oxidation sites excluding steroid dienone is 2. The number of alkyl halides is 3. The van der Waals surface area contributed by atoms with Crippen LogP contribution in [0.4, 0.5) is 18.9 Å². The molecule has 0 aromatic heterocycles. The Balaban J connectivity index is 2.13. The number of carbonyl (C=O) groups excluding carboxylic acids is 1. The van der Waals surface area contributed by atoms with Gasteiger partial charge >= 0.3 is 6.18 Å². The van der Waals surface area contributed by atoms with Gasteiger partial charge in [0.1, 0.15) is 0 Å². The molecule has 2 aromatic rings. The lowest BCUT2D eigenvalue weighted by molar-refractivity contribution is -0.137. The third kappa shape index (κ3) is 4.71. The zero-order valence-electron chi connectivity index (χ0n) is 12.7. The van der Waals surface area contributed by atoms with E-state index in [0.717, 1.165) is 17.7 Å². The molecule has 0 fully saturated rings. The smallest absolute Gasteiger partial charge is 0.359 e. The molecule has 2 rings (SSSR count). The van der Waals surface area contributed by atoms with Crippen LogP contribution >= 0.6 is 0 Å². The van der Waals surface area contributed by atoms with Crippen molar-refractivity contribution in [1.82, 2.24) is 0 Å². The number of benzene rings is 2. The minimum atomic E-state index is -4.40. The summed E-state index contributed by atoms with van der Waals surface area (Å²) in [5, 5.41) is 2.81. The number of nitrogens with one attached hydrogen (secondary N) is 1. The van der Waals surface area contributed by atoms with Crippen molar-refractivity contribution in [1.29, 1.82) is 0 Å². The van der Waals surface area contributed by atoms with Gasteiger partial charge in [-0.05, 0) is 32.0 Å². The summed E-state index contributed by atoms with van der Waals surface area (Å²) < 4.78 is 38.0. The van der Waals surface area contributed by atoms with E-state index in [1.807, 2.05) is 19.1 Å². The third-order valence-electron chi connectivity index (χ3n) is 3.22. The zero-order chi connectivity index (χ0) is 17.0. The molecule has 0 amide bonds. The molecule has 5 heteroatoms. The minimum absolute atomic E-state index is 0.207. The van der Waals surface area contributed by atoms with Crippen molar-refractivity contribution < 1.29 is 18.0 Å². The van der Waals surface area contributed by atoms with E-state index >= 15 is 0 Å². The van der Waals surface area contributed by atoms with Gasteiger partial charge in [0.15, 0.2) is 5.78 Å². The lowest BCUT2D eigenvalue weighted by Gasteiger charge is -2.10. The van der Waals surface area contributed by atoms with Crippen molar-refractivity contribution in [3.63, 3.8) is 0 Å². The van der Waals surface area contributed by atoms with Gasteiger partial charge in [0.05, 0.1) is 5.56 Å². The van der Waals surface area contributed by atoms with Crippen molar-refractivity contribution >= 4 is 11.5 Å². The van der Waals surface area contributed by atoms with Crippen molar-refractivity contribution in [3.8, 4) is 0 Å². The highest BCUT2D eigenvalue weighted by Crippen LogP contribution is 2.30. The van der Waals surface area contributed by atoms with Crippen LogP contribution in [0.5, 0.6) is 0 Å². The summed E-state index contributed by atoms with van der Waals surface area (Å²) >= 11 is 0. The van der Waals surface area contributed by atoms with Crippen LogP contribution in [-0.2, 0) is 6.18 Å². The van der Waals surface area contributed by atoms with Crippen molar-refractivity contribution in [3.05, 3.63) is 77.0 Å². The van der Waals surface area contributed by atoms with E-state index in [4.69, 9.17) is 0 Å². The molecule has 0 saturated carbocycles. The fraction of sp³-hybridized carbons (Fsp3) is 0.167. The van der Waals surface area contributed by atoms with Crippen molar-refractivity contribution in [2.75, 3.05) is 5.32 Å². The van der Waals surface area contributed by atoms with Crippen LogP contribution in [-0.4, -0.2) is 5.78 Å². The maximum absolute atomic E-state index is 12.7. The number of carbonyl (C=O) groups is 1. The van der Waals surface area contributed by atoms with Crippen molar-refractivity contribution in [2.24, 2.45) is 0 Å². The number of hydrogen-bond donors (Lipinski definition) is 1. The normalized spacial score (nSPS) is 12.1. The van der Waals surface area contributed by atoms with Crippen LogP contribution in [0.25, 0.3) is 0 Å². The molecule has 0 heterocycles. The van der Waals surface area contributed by atoms with Crippen LogP contribution in [0.2, 0.25) is 0 Å². The Hall–Kier alpha value is -2.56. The quantitative estimate of drug-likeness (QED) is 0.619. The summed E-state index contributed by atoms with van der Waals surface area (Å²) in [7, 11) is 0. The summed E-state index contributed by atoms with van der Waals surface area (Å²) in [4.78, 5) is 12.1. The predicted molar refractivity (Wildman–Crippen MR) is 84.3 cm³/mol. The zero-order valence-corrected chi connectivity index (χ0v) is 12.7. The summed E-state index contributed by atoms with van der Waals surface area (Å²) in [6, 6.07) is 11.9. The molecular weight excluding hydrogens is 303 g/mol. The first-order valence-electron chi connectivity index (χ1n) is 6.99. The number of halogens is 3. The number of hydrogen-bond acceptors (Lipinski definition) is 2. The molecule has 2 nitrogen and oxygen atoms in total. The SMILES string of the molecule is C/C(=C\C(=O)c1ccc(C)cc1)Nc1cccc(C(F)(F)F)c1. The van der Waals surface area contributed by atoms with Crippen LogP contribution in [0.1, 0.15) is 28.4 Å². The van der Waals surface area contributed by atoms with Gasteiger partial charge in [-0.15, -0.1) is 0 Å². The highest BCUT2D eigenvalue weighted by atomic mass is 19.4. The Morgan fingerprint density at radius 2 is 1.74 bits per heavy atom. The molecule has 0 atom stereocenters. The third-order valence-corrected chi connectivity index (χ3v) is 3.22. The highest BCUT2D eigenvalue weighted by molar-refractivity contribution is 6.05. The maximum atomic E-state index is 12.7. The molecule has 0 saturated heterocycles. The lowest BCUT2D eigenvalue weighted by atomic mass is 10.1. The Labute approximate surface area is 132 Å². The van der Waals surface area contributed by atoms with E-state index < -0.39 is 11.7 Å². The van der Waals surface area contributed by atoms with Gasteiger partial charge in [-0.1, -0.05) is 35.9 Å². The predicted octanol–water partition coefficient (Wildman–Crippen LogP) is 5.21. The van der Waals surface area contributed by atoms with Gasteiger partial charge in [0.2, 0.25) is 0 Å². The summed E-state index contributed by atoms with van der Waals surface area (Å²) in [5.41, 5.74) is 1.59. The van der Waals surface area contributed by atoms with Crippen LogP contribution < -0.4 is 5.32 Å². The molecule has 0 radical (unpaired) electrons. The summed E-state index contributed by atoms with van der Waals surface area (Å²) in [6.07, 6.45) is -3.03. The Morgan fingerprint density at radius 1 is 1.09 bits per heavy atom. The lowest BCUT2D eigenvalue weighted by Crippen LogP contribution is -2.06. The molecule has 2 aromatic carbocycles. The summed E-state index contributed by atoms with van der Waals surface area (Å²) in [6.45, 7) is 3.55. The van der Waals surface area contributed by atoms with E-state index in [1.54, 1.807) is 19.1 Å². The fourth-order valence-corrected chi connectivity index (χ4v) is 2.03. The molecule has 0 bridgehead atoms. The molecule has 0 aliphatic carbocycles. The molecule has 120 valence electrons. The van der Waals surface area contributed by atoms with E-state index in [0.29, 0.717) is 11.3 Å². The van der Waals surface area contributed by atoms with E-state index in [-0.39, 0.29) is 11.5 Å². The second-order valence-corrected chi connectivity index (χ2v) is 5.26. The standard InChI is InChI=1S/C18H16F3NO/c1-12-6-8-14(9-7-12)17(23)10-13(2)22-16-5-3-4-15(11-16)18(19,20)21/h3-11,22H,1-2H3/b13-10+. The largest absolute Gasteiger partial charge is 0.416 e. The first kappa shape index (κ1) is 16.8. The number of ketones is 1. The fourth-order valence-electron chi connectivity index (χ4n) is 2.03. The molecule has 23 heavy (non-hydrogen) atoms.